The van der Waals surface area contributed by atoms with Gasteiger partial charge in [-0.05, 0) is 18.6 Å². The summed E-state index contributed by atoms with van der Waals surface area (Å²) in [5.74, 6) is -2.77. The Kier molecular flexibility index (Phi) is 6.58. The Balaban J connectivity index is 2.37. The predicted molar refractivity (Wildman–Crippen MR) is 69.1 cm³/mol. The smallest absolute Gasteiger partial charge is 0.233 e. The Morgan fingerprint density at radius 2 is 2.00 bits per heavy atom. The largest absolute Gasteiger partial charge is 0.385 e. The molecule has 1 rings (SSSR count). The topological polar surface area (TPSA) is 67.4 Å². The van der Waals surface area contributed by atoms with Gasteiger partial charge in [0, 0.05) is 26.3 Å². The van der Waals surface area contributed by atoms with E-state index in [1.165, 1.54) is 0 Å². The van der Waals surface area contributed by atoms with Crippen LogP contribution in [0.4, 0.5) is 14.5 Å². The van der Waals surface area contributed by atoms with Crippen LogP contribution in [0.1, 0.15) is 12.8 Å². The summed E-state index contributed by atoms with van der Waals surface area (Å²) in [6, 6.07) is 2.77. The first kappa shape index (κ1) is 16.0. The van der Waals surface area contributed by atoms with Gasteiger partial charge in [-0.15, -0.1) is 0 Å². The molecule has 0 aromatic heterocycles. The molecule has 0 aliphatic carbocycles. The number of amides is 2. The second kappa shape index (κ2) is 8.21. The summed E-state index contributed by atoms with van der Waals surface area (Å²) >= 11 is 0. The zero-order chi connectivity index (χ0) is 15.0. The molecule has 7 heteroatoms. The van der Waals surface area contributed by atoms with Crippen molar-refractivity contribution in [2.24, 2.45) is 0 Å². The SMILES string of the molecule is COCCCNC(=O)CC(=O)Nc1ccc(F)cc1F. The van der Waals surface area contributed by atoms with Crippen molar-refractivity contribution in [1.29, 1.82) is 0 Å². The maximum Gasteiger partial charge on any atom is 0.233 e. The number of carbonyl (C=O) groups excluding carboxylic acids is 2. The second-order valence-corrected chi connectivity index (χ2v) is 4.05. The normalized spacial score (nSPS) is 10.2. The van der Waals surface area contributed by atoms with Gasteiger partial charge in [-0.3, -0.25) is 9.59 Å². The Hall–Kier alpha value is -2.02. The molecule has 2 amide bonds. The van der Waals surface area contributed by atoms with Crippen molar-refractivity contribution in [1.82, 2.24) is 5.32 Å². The molecule has 0 spiro atoms. The van der Waals surface area contributed by atoms with Gasteiger partial charge in [0.2, 0.25) is 11.8 Å². The van der Waals surface area contributed by atoms with Gasteiger partial charge < -0.3 is 15.4 Å². The van der Waals surface area contributed by atoms with Crippen molar-refractivity contribution >= 4 is 17.5 Å². The molecular weight excluding hydrogens is 270 g/mol. The highest BCUT2D eigenvalue weighted by molar-refractivity contribution is 6.03. The van der Waals surface area contributed by atoms with Crippen LogP contribution in [0.15, 0.2) is 18.2 Å². The predicted octanol–water partition coefficient (Wildman–Crippen LogP) is 1.45. The van der Waals surface area contributed by atoms with Crippen LogP contribution in [0.3, 0.4) is 0 Å². The summed E-state index contributed by atoms with van der Waals surface area (Å²) in [5.41, 5.74) is -0.163. The average Bonchev–Trinajstić information content (AvgIpc) is 2.38. The van der Waals surface area contributed by atoms with Gasteiger partial charge in [0.15, 0.2) is 0 Å². The third kappa shape index (κ3) is 5.75. The van der Waals surface area contributed by atoms with Crippen LogP contribution in [0.2, 0.25) is 0 Å². The number of carbonyl (C=O) groups is 2. The zero-order valence-corrected chi connectivity index (χ0v) is 11.0. The minimum absolute atomic E-state index is 0.163. The van der Waals surface area contributed by atoms with E-state index in [0.29, 0.717) is 25.6 Å². The lowest BCUT2D eigenvalue weighted by molar-refractivity contribution is -0.126. The van der Waals surface area contributed by atoms with E-state index < -0.39 is 29.9 Å². The molecule has 2 N–H and O–H groups in total. The zero-order valence-electron chi connectivity index (χ0n) is 11.0. The Labute approximate surface area is 115 Å². The van der Waals surface area contributed by atoms with E-state index in [2.05, 4.69) is 10.6 Å². The van der Waals surface area contributed by atoms with E-state index in [1.54, 1.807) is 7.11 Å². The summed E-state index contributed by atoms with van der Waals surface area (Å²) in [6.45, 7) is 0.901. The number of rotatable bonds is 7. The van der Waals surface area contributed by atoms with Crippen LogP contribution in [0, 0.1) is 11.6 Å². The third-order valence-electron chi connectivity index (χ3n) is 2.37. The first-order valence-electron chi connectivity index (χ1n) is 6.03. The number of methoxy groups -OCH3 is 1. The number of hydrogen-bond donors (Lipinski definition) is 2. The molecule has 0 unspecified atom stereocenters. The molecule has 0 saturated heterocycles. The quantitative estimate of drug-likeness (QED) is 0.589. The number of ether oxygens (including phenoxy) is 1. The average molecular weight is 286 g/mol. The minimum Gasteiger partial charge on any atom is -0.385 e. The first-order valence-corrected chi connectivity index (χ1v) is 6.03. The van der Waals surface area contributed by atoms with Crippen LogP contribution >= 0.6 is 0 Å². The second-order valence-electron chi connectivity index (χ2n) is 4.05. The van der Waals surface area contributed by atoms with Gasteiger partial charge in [-0.25, -0.2) is 8.78 Å². The highest BCUT2D eigenvalue weighted by Gasteiger charge is 2.11. The Morgan fingerprint density at radius 3 is 2.65 bits per heavy atom. The van der Waals surface area contributed by atoms with Crippen molar-refractivity contribution in [3.05, 3.63) is 29.8 Å². The fraction of sp³-hybridized carbons (Fsp3) is 0.385. The maximum atomic E-state index is 13.3. The van der Waals surface area contributed by atoms with Crippen LogP contribution in [-0.2, 0) is 14.3 Å². The molecule has 0 atom stereocenters. The summed E-state index contributed by atoms with van der Waals surface area (Å²) in [7, 11) is 1.55. The van der Waals surface area contributed by atoms with E-state index >= 15 is 0 Å². The molecule has 0 bridgehead atoms. The summed E-state index contributed by atoms with van der Waals surface area (Å²) in [5, 5.41) is 4.73. The molecule has 1 aromatic rings. The number of halogens is 2. The van der Waals surface area contributed by atoms with Gasteiger partial charge in [0.05, 0.1) is 5.69 Å². The van der Waals surface area contributed by atoms with Gasteiger partial charge >= 0.3 is 0 Å². The maximum absolute atomic E-state index is 13.3. The molecular formula is C13H16F2N2O3. The third-order valence-corrected chi connectivity index (χ3v) is 2.37. The van der Waals surface area contributed by atoms with Crippen LogP contribution in [0.25, 0.3) is 0 Å². The van der Waals surface area contributed by atoms with Gasteiger partial charge in [-0.2, -0.15) is 0 Å². The van der Waals surface area contributed by atoms with Crippen molar-refractivity contribution in [2.75, 3.05) is 25.6 Å². The highest BCUT2D eigenvalue weighted by atomic mass is 19.1. The van der Waals surface area contributed by atoms with Gasteiger partial charge in [0.1, 0.15) is 18.1 Å². The van der Waals surface area contributed by atoms with E-state index in [0.717, 1.165) is 12.1 Å². The lowest BCUT2D eigenvalue weighted by Crippen LogP contribution is -2.29. The standard InChI is InChI=1S/C13H16F2N2O3/c1-20-6-2-5-16-12(18)8-13(19)17-11-4-3-9(14)7-10(11)15/h3-4,7H,2,5-6,8H2,1H3,(H,16,18)(H,17,19). The number of anilines is 1. The monoisotopic (exact) mass is 286 g/mol. The summed E-state index contributed by atoms with van der Waals surface area (Å²) in [6.07, 6.45) is 0.209. The molecule has 110 valence electrons. The van der Waals surface area contributed by atoms with Crippen molar-refractivity contribution in [2.45, 2.75) is 12.8 Å². The molecule has 0 radical (unpaired) electrons. The van der Waals surface area contributed by atoms with E-state index in [-0.39, 0.29) is 5.69 Å². The van der Waals surface area contributed by atoms with E-state index in [9.17, 15) is 18.4 Å². The van der Waals surface area contributed by atoms with Crippen molar-refractivity contribution < 1.29 is 23.1 Å². The van der Waals surface area contributed by atoms with Crippen molar-refractivity contribution in [3.63, 3.8) is 0 Å². The molecule has 0 aliphatic rings. The fourth-order valence-corrected chi connectivity index (χ4v) is 1.44. The van der Waals surface area contributed by atoms with Crippen LogP contribution in [0.5, 0.6) is 0 Å². The Morgan fingerprint density at radius 1 is 1.25 bits per heavy atom. The molecule has 20 heavy (non-hydrogen) atoms. The molecule has 0 saturated carbocycles. The molecule has 0 heterocycles. The lowest BCUT2D eigenvalue weighted by atomic mass is 10.2. The number of hydrogen-bond acceptors (Lipinski definition) is 3. The minimum atomic E-state index is -0.890. The van der Waals surface area contributed by atoms with E-state index in [1.807, 2.05) is 0 Å². The van der Waals surface area contributed by atoms with Gasteiger partial charge in [0.25, 0.3) is 0 Å². The highest BCUT2D eigenvalue weighted by Crippen LogP contribution is 2.14. The molecule has 0 aliphatic heterocycles. The molecule has 5 nitrogen and oxygen atoms in total. The molecule has 1 aromatic carbocycles. The number of nitrogens with one attached hydrogen (secondary N) is 2. The van der Waals surface area contributed by atoms with Gasteiger partial charge in [-0.1, -0.05) is 0 Å². The molecule has 0 fully saturated rings. The fourth-order valence-electron chi connectivity index (χ4n) is 1.44. The summed E-state index contributed by atoms with van der Waals surface area (Å²) < 4.78 is 30.7. The van der Waals surface area contributed by atoms with Crippen molar-refractivity contribution in [3.8, 4) is 0 Å². The first-order chi connectivity index (χ1) is 9.52. The number of benzene rings is 1. The van der Waals surface area contributed by atoms with Crippen LogP contribution < -0.4 is 10.6 Å². The van der Waals surface area contributed by atoms with E-state index in [4.69, 9.17) is 4.74 Å². The summed E-state index contributed by atoms with van der Waals surface area (Å²) in [4.78, 5) is 22.9. The lowest BCUT2D eigenvalue weighted by Gasteiger charge is -2.07. The van der Waals surface area contributed by atoms with Crippen LogP contribution in [-0.4, -0.2) is 32.1 Å². The Bertz CT molecular complexity index is 481.